The molecule has 144 valence electrons. The molecule has 2 heterocycles. The zero-order chi connectivity index (χ0) is 19.8. The maximum Gasteiger partial charge on any atom is 0.264 e. The van der Waals surface area contributed by atoms with Gasteiger partial charge in [-0.1, -0.05) is 24.2 Å². The average molecular weight is 390 g/mol. The number of benzene rings is 1. The van der Waals surface area contributed by atoms with Crippen LogP contribution in [0.4, 0.5) is 5.69 Å². The molecule has 0 unspecified atom stereocenters. The molecule has 1 N–H and O–H groups in total. The first-order chi connectivity index (χ1) is 12.8. The first kappa shape index (κ1) is 19.0. The van der Waals surface area contributed by atoms with E-state index in [-0.39, 0.29) is 10.8 Å². The molecule has 27 heavy (non-hydrogen) atoms. The number of ether oxygens (including phenoxy) is 1. The first-order valence-corrected chi connectivity index (χ1v) is 9.93. The highest BCUT2D eigenvalue weighted by atomic mass is 32.2. The summed E-state index contributed by atoms with van der Waals surface area (Å²) in [6, 6.07) is 6.83. The van der Waals surface area contributed by atoms with Gasteiger partial charge in [0.15, 0.2) is 5.82 Å². The van der Waals surface area contributed by atoms with E-state index in [0.29, 0.717) is 34.9 Å². The molecule has 0 atom stereocenters. The fourth-order valence-corrected chi connectivity index (χ4v) is 4.51. The minimum absolute atomic E-state index is 0.111. The Kier molecular flexibility index (Phi) is 4.97. The molecule has 0 amide bonds. The monoisotopic (exact) mass is 390 g/mol. The number of rotatable bonds is 6. The molecule has 3 rings (SSSR count). The maximum atomic E-state index is 13.3. The summed E-state index contributed by atoms with van der Waals surface area (Å²) in [5.41, 5.74) is 2.05. The number of nitrogens with zero attached hydrogens (tertiary/aromatic N) is 3. The maximum absolute atomic E-state index is 13.3. The Morgan fingerprint density at radius 1 is 1.22 bits per heavy atom. The van der Waals surface area contributed by atoms with Gasteiger partial charge in [0.2, 0.25) is 0 Å². The van der Waals surface area contributed by atoms with Crippen molar-refractivity contribution in [2.75, 3.05) is 11.8 Å². The van der Waals surface area contributed by atoms with E-state index in [4.69, 9.17) is 9.26 Å². The molecule has 0 aliphatic carbocycles. The normalized spacial score (nSPS) is 11.6. The van der Waals surface area contributed by atoms with Crippen LogP contribution in [0.1, 0.15) is 24.1 Å². The molecular formula is C18H22N4O4S. The number of methoxy groups -OCH3 is 1. The van der Waals surface area contributed by atoms with E-state index in [2.05, 4.69) is 14.9 Å². The van der Waals surface area contributed by atoms with Crippen LogP contribution in [0.5, 0.6) is 5.75 Å². The van der Waals surface area contributed by atoms with Gasteiger partial charge in [-0.05, 0) is 26.0 Å². The van der Waals surface area contributed by atoms with Gasteiger partial charge in [-0.3, -0.25) is 4.72 Å². The van der Waals surface area contributed by atoms with E-state index < -0.39 is 10.0 Å². The third-order valence-corrected chi connectivity index (χ3v) is 6.07. The fourth-order valence-electron chi connectivity index (χ4n) is 2.92. The van der Waals surface area contributed by atoms with Gasteiger partial charge < -0.3 is 13.8 Å². The van der Waals surface area contributed by atoms with Gasteiger partial charge >= 0.3 is 0 Å². The van der Waals surface area contributed by atoms with Crippen LogP contribution in [0, 0.1) is 13.8 Å². The van der Waals surface area contributed by atoms with Gasteiger partial charge in [0.05, 0.1) is 18.4 Å². The Hall–Kier alpha value is -2.81. The predicted octanol–water partition coefficient (Wildman–Crippen LogP) is 3.06. The van der Waals surface area contributed by atoms with Crippen LogP contribution in [0.25, 0.3) is 11.5 Å². The van der Waals surface area contributed by atoms with Gasteiger partial charge in [-0.2, -0.15) is 4.98 Å². The highest BCUT2D eigenvalue weighted by molar-refractivity contribution is 7.93. The summed E-state index contributed by atoms with van der Waals surface area (Å²) in [6.45, 7) is 5.46. The van der Waals surface area contributed by atoms with Crippen molar-refractivity contribution in [3.8, 4) is 17.2 Å². The molecule has 0 aliphatic rings. The van der Waals surface area contributed by atoms with Crippen molar-refractivity contribution in [2.24, 2.45) is 7.05 Å². The molecule has 0 aliphatic heterocycles. The van der Waals surface area contributed by atoms with E-state index in [1.165, 1.54) is 7.11 Å². The molecule has 1 aromatic carbocycles. The van der Waals surface area contributed by atoms with Crippen LogP contribution in [0.15, 0.2) is 33.7 Å². The lowest BCUT2D eigenvalue weighted by Gasteiger charge is -2.12. The summed E-state index contributed by atoms with van der Waals surface area (Å²) in [7, 11) is -0.647. The topological polar surface area (TPSA) is 99.3 Å². The minimum atomic E-state index is -3.93. The fraction of sp³-hybridized carbons (Fsp3) is 0.333. The van der Waals surface area contributed by atoms with Gasteiger partial charge in [-0.15, -0.1) is 0 Å². The smallest absolute Gasteiger partial charge is 0.264 e. The van der Waals surface area contributed by atoms with E-state index in [1.807, 2.05) is 13.8 Å². The van der Waals surface area contributed by atoms with Gasteiger partial charge in [-0.25, -0.2) is 8.42 Å². The third-order valence-electron chi connectivity index (χ3n) is 4.54. The molecule has 2 aromatic heterocycles. The molecule has 0 fully saturated rings. The van der Waals surface area contributed by atoms with Crippen molar-refractivity contribution in [1.29, 1.82) is 0 Å². The lowest BCUT2D eigenvalue weighted by molar-refractivity contribution is 0.417. The largest absolute Gasteiger partial charge is 0.495 e. The Balaban J connectivity index is 2.16. The number of nitrogens with one attached hydrogen (secondary N) is 1. The summed E-state index contributed by atoms with van der Waals surface area (Å²) in [5.74, 6) is 1.14. The van der Waals surface area contributed by atoms with Crippen LogP contribution in [0.2, 0.25) is 0 Å². The first-order valence-electron chi connectivity index (χ1n) is 8.44. The van der Waals surface area contributed by atoms with Crippen molar-refractivity contribution < 1.29 is 17.7 Å². The molecule has 3 aromatic rings. The highest BCUT2D eigenvalue weighted by Crippen LogP contribution is 2.36. The molecular weight excluding hydrogens is 368 g/mol. The summed E-state index contributed by atoms with van der Waals surface area (Å²) in [4.78, 5) is 4.43. The van der Waals surface area contributed by atoms with E-state index in [9.17, 15) is 8.42 Å². The SMILES string of the molecule is CCc1noc(-c2c(S(=O)(=O)Nc3ccccc3OC)c(C)n(C)c2C)n1. The van der Waals surface area contributed by atoms with E-state index in [0.717, 1.165) is 5.69 Å². The molecule has 0 bridgehead atoms. The number of aryl methyl sites for hydroxylation is 1. The van der Waals surface area contributed by atoms with Crippen LogP contribution >= 0.6 is 0 Å². The van der Waals surface area contributed by atoms with Crippen LogP contribution in [0.3, 0.4) is 0 Å². The number of sulfonamides is 1. The van der Waals surface area contributed by atoms with Crippen LogP contribution < -0.4 is 9.46 Å². The van der Waals surface area contributed by atoms with Crippen molar-refractivity contribution in [2.45, 2.75) is 32.1 Å². The van der Waals surface area contributed by atoms with Crippen molar-refractivity contribution in [3.05, 3.63) is 41.5 Å². The summed E-state index contributed by atoms with van der Waals surface area (Å²) in [6.07, 6.45) is 0.593. The number of anilines is 1. The predicted molar refractivity (Wildman–Crippen MR) is 101 cm³/mol. The van der Waals surface area contributed by atoms with Gasteiger partial charge in [0.1, 0.15) is 10.6 Å². The minimum Gasteiger partial charge on any atom is -0.495 e. The number of hydrogen-bond donors (Lipinski definition) is 1. The molecule has 0 saturated heterocycles. The Labute approximate surface area is 158 Å². The second-order valence-corrected chi connectivity index (χ2v) is 7.73. The van der Waals surface area contributed by atoms with Gasteiger partial charge in [0, 0.05) is 24.9 Å². The van der Waals surface area contributed by atoms with Crippen molar-refractivity contribution >= 4 is 15.7 Å². The Bertz CT molecular complexity index is 1080. The standard InChI is InChI=1S/C18H22N4O4S/c1-6-15-19-18(26-20-15)16-11(2)22(4)12(3)17(16)27(23,24)21-13-9-7-8-10-14(13)25-5/h7-10,21H,6H2,1-5H3. The summed E-state index contributed by atoms with van der Waals surface area (Å²) < 4.78 is 41.5. The molecule has 0 spiro atoms. The van der Waals surface area contributed by atoms with Crippen molar-refractivity contribution in [3.63, 3.8) is 0 Å². The number of para-hydroxylation sites is 2. The van der Waals surface area contributed by atoms with E-state index in [1.54, 1.807) is 42.8 Å². The summed E-state index contributed by atoms with van der Waals surface area (Å²) in [5, 5.41) is 3.90. The molecule has 8 nitrogen and oxygen atoms in total. The molecule has 0 saturated carbocycles. The Morgan fingerprint density at radius 3 is 2.56 bits per heavy atom. The van der Waals surface area contributed by atoms with Crippen LogP contribution in [-0.4, -0.2) is 30.2 Å². The Morgan fingerprint density at radius 2 is 1.93 bits per heavy atom. The number of aromatic nitrogens is 3. The lowest BCUT2D eigenvalue weighted by atomic mass is 10.2. The number of hydrogen-bond acceptors (Lipinski definition) is 6. The lowest BCUT2D eigenvalue weighted by Crippen LogP contribution is -2.15. The van der Waals surface area contributed by atoms with Gasteiger partial charge in [0.25, 0.3) is 15.9 Å². The second kappa shape index (κ2) is 7.07. The zero-order valence-corrected chi connectivity index (χ0v) is 16.7. The van der Waals surface area contributed by atoms with Crippen LogP contribution in [-0.2, 0) is 23.5 Å². The molecule has 9 heteroatoms. The van der Waals surface area contributed by atoms with Crippen molar-refractivity contribution in [1.82, 2.24) is 14.7 Å². The third kappa shape index (κ3) is 3.30. The highest BCUT2D eigenvalue weighted by Gasteiger charge is 2.31. The second-order valence-electron chi connectivity index (χ2n) is 6.11. The van der Waals surface area contributed by atoms with E-state index >= 15 is 0 Å². The molecule has 0 radical (unpaired) electrons. The quantitative estimate of drug-likeness (QED) is 0.694. The zero-order valence-electron chi connectivity index (χ0n) is 15.9. The summed E-state index contributed by atoms with van der Waals surface area (Å²) >= 11 is 0. The average Bonchev–Trinajstić information content (AvgIpc) is 3.20.